The molecule has 0 aliphatic carbocycles. The Balaban J connectivity index is 1.91. The predicted molar refractivity (Wildman–Crippen MR) is 76.5 cm³/mol. The second-order valence-electron chi connectivity index (χ2n) is 4.70. The van der Waals surface area contributed by atoms with Gasteiger partial charge in [-0.2, -0.15) is 0 Å². The maximum absolute atomic E-state index is 5.99. The van der Waals surface area contributed by atoms with E-state index in [9.17, 15) is 0 Å². The molecule has 1 aromatic carbocycles. The number of likely N-dealkylation sites (tertiary alicyclic amines) is 1. The van der Waals surface area contributed by atoms with Crippen LogP contribution in [0.1, 0.15) is 12.0 Å². The van der Waals surface area contributed by atoms with Gasteiger partial charge in [0, 0.05) is 17.6 Å². The molecule has 0 bridgehead atoms. The Morgan fingerprint density at radius 2 is 2.35 bits per heavy atom. The van der Waals surface area contributed by atoms with E-state index >= 15 is 0 Å². The van der Waals surface area contributed by atoms with Crippen LogP contribution >= 0.6 is 27.5 Å². The zero-order valence-electron chi connectivity index (χ0n) is 10.0. The van der Waals surface area contributed by atoms with Crippen molar-refractivity contribution in [1.82, 2.24) is 10.2 Å². The molecule has 0 radical (unpaired) electrons. The Kier molecular flexibility index (Phi) is 4.86. The molecule has 0 aromatic heterocycles. The fourth-order valence-corrected chi connectivity index (χ4v) is 2.95. The van der Waals surface area contributed by atoms with Crippen LogP contribution in [0.5, 0.6) is 0 Å². The molecule has 2 nitrogen and oxygen atoms in total. The normalized spacial score (nSPS) is 21.0. The Hall–Kier alpha value is -0.0900. The topological polar surface area (TPSA) is 15.3 Å². The van der Waals surface area contributed by atoms with Crippen molar-refractivity contribution in [3.63, 3.8) is 0 Å². The van der Waals surface area contributed by atoms with E-state index in [1.807, 2.05) is 13.1 Å². The van der Waals surface area contributed by atoms with Gasteiger partial charge in [-0.05, 0) is 66.1 Å². The van der Waals surface area contributed by atoms with Crippen molar-refractivity contribution in [1.29, 1.82) is 0 Å². The lowest BCUT2D eigenvalue weighted by atomic mass is 10.1. The maximum Gasteiger partial charge on any atom is 0.0548 e. The largest absolute Gasteiger partial charge is 0.319 e. The van der Waals surface area contributed by atoms with E-state index in [2.05, 4.69) is 38.3 Å². The third-order valence-corrected chi connectivity index (χ3v) is 4.47. The Bertz CT molecular complexity index is 384. The summed E-state index contributed by atoms with van der Waals surface area (Å²) in [5.41, 5.74) is 1.33. The number of nitrogens with zero attached hydrogens (tertiary/aromatic N) is 1. The maximum atomic E-state index is 5.99. The summed E-state index contributed by atoms with van der Waals surface area (Å²) in [5, 5.41) is 4.04. The van der Waals surface area contributed by atoms with E-state index in [-0.39, 0.29) is 0 Å². The molecule has 1 aliphatic heterocycles. The molecule has 1 heterocycles. The van der Waals surface area contributed by atoms with Crippen molar-refractivity contribution >= 4 is 27.5 Å². The first-order valence-corrected chi connectivity index (χ1v) is 7.17. The Morgan fingerprint density at radius 3 is 3.06 bits per heavy atom. The lowest BCUT2D eigenvalue weighted by Crippen LogP contribution is -2.24. The van der Waals surface area contributed by atoms with E-state index in [0.29, 0.717) is 0 Å². The third kappa shape index (κ3) is 3.68. The minimum atomic E-state index is 0.781. The molecule has 0 amide bonds. The summed E-state index contributed by atoms with van der Waals surface area (Å²) in [6, 6.07) is 6.19. The molecule has 1 aliphatic rings. The summed E-state index contributed by atoms with van der Waals surface area (Å²) in [7, 11) is 2.03. The standard InChI is InChI=1S/C13H18BrClN2/c1-16-7-11-4-5-17(9-11)8-10-2-3-13(15)12(14)6-10/h2-3,6,11,16H,4-5,7-9H2,1H3. The van der Waals surface area contributed by atoms with Crippen molar-refractivity contribution in [2.24, 2.45) is 5.92 Å². The van der Waals surface area contributed by atoms with Gasteiger partial charge in [0.2, 0.25) is 0 Å². The first kappa shape index (κ1) is 13.3. The lowest BCUT2D eigenvalue weighted by Gasteiger charge is -2.16. The highest BCUT2D eigenvalue weighted by Crippen LogP contribution is 2.25. The molecule has 1 unspecified atom stereocenters. The predicted octanol–water partition coefficient (Wildman–Crippen LogP) is 3.14. The van der Waals surface area contributed by atoms with Crippen LogP contribution in [0, 0.1) is 5.92 Å². The average Bonchev–Trinajstić information content (AvgIpc) is 2.72. The molecule has 17 heavy (non-hydrogen) atoms. The van der Waals surface area contributed by atoms with E-state index in [4.69, 9.17) is 11.6 Å². The van der Waals surface area contributed by atoms with Crippen molar-refractivity contribution in [3.05, 3.63) is 33.3 Å². The van der Waals surface area contributed by atoms with Gasteiger partial charge in [-0.1, -0.05) is 17.7 Å². The molecular weight excluding hydrogens is 300 g/mol. The first-order chi connectivity index (χ1) is 8.19. The summed E-state index contributed by atoms with van der Waals surface area (Å²) >= 11 is 9.46. The van der Waals surface area contributed by atoms with E-state index in [1.165, 1.54) is 25.1 Å². The van der Waals surface area contributed by atoms with Gasteiger partial charge in [-0.15, -0.1) is 0 Å². The van der Waals surface area contributed by atoms with Crippen LogP contribution in [0.15, 0.2) is 22.7 Å². The van der Waals surface area contributed by atoms with E-state index < -0.39 is 0 Å². The van der Waals surface area contributed by atoms with Gasteiger partial charge in [0.1, 0.15) is 0 Å². The van der Waals surface area contributed by atoms with Gasteiger partial charge >= 0.3 is 0 Å². The molecule has 0 spiro atoms. The number of rotatable bonds is 4. The second kappa shape index (κ2) is 6.19. The average molecular weight is 318 g/mol. The molecule has 1 saturated heterocycles. The van der Waals surface area contributed by atoms with E-state index in [0.717, 1.165) is 28.5 Å². The number of halogens is 2. The first-order valence-electron chi connectivity index (χ1n) is 6.00. The van der Waals surface area contributed by atoms with Crippen molar-refractivity contribution in [2.75, 3.05) is 26.7 Å². The highest BCUT2D eigenvalue weighted by atomic mass is 79.9. The molecule has 94 valence electrons. The lowest BCUT2D eigenvalue weighted by molar-refractivity contribution is 0.315. The van der Waals surface area contributed by atoms with Crippen LogP contribution < -0.4 is 5.32 Å². The fraction of sp³-hybridized carbons (Fsp3) is 0.538. The molecule has 1 atom stereocenters. The van der Waals surface area contributed by atoms with Crippen molar-refractivity contribution in [2.45, 2.75) is 13.0 Å². The molecule has 4 heteroatoms. The highest BCUT2D eigenvalue weighted by Gasteiger charge is 2.21. The van der Waals surface area contributed by atoms with Crippen LogP contribution in [-0.4, -0.2) is 31.6 Å². The number of hydrogen-bond donors (Lipinski definition) is 1. The second-order valence-corrected chi connectivity index (χ2v) is 5.96. The molecule has 2 rings (SSSR count). The van der Waals surface area contributed by atoms with Crippen LogP contribution in [0.3, 0.4) is 0 Å². The van der Waals surface area contributed by atoms with Gasteiger partial charge < -0.3 is 5.32 Å². The monoisotopic (exact) mass is 316 g/mol. The summed E-state index contributed by atoms with van der Waals surface area (Å²) in [4.78, 5) is 2.51. The summed E-state index contributed by atoms with van der Waals surface area (Å²) < 4.78 is 0.989. The van der Waals surface area contributed by atoms with Gasteiger partial charge in [-0.25, -0.2) is 0 Å². The van der Waals surface area contributed by atoms with Crippen LogP contribution in [-0.2, 0) is 6.54 Å². The SMILES string of the molecule is CNCC1CCN(Cc2ccc(Cl)c(Br)c2)C1. The summed E-state index contributed by atoms with van der Waals surface area (Å²) in [6.45, 7) is 4.55. The Labute approximate surface area is 116 Å². The smallest absolute Gasteiger partial charge is 0.0548 e. The molecule has 0 saturated carbocycles. The van der Waals surface area contributed by atoms with Gasteiger partial charge in [0.25, 0.3) is 0 Å². The van der Waals surface area contributed by atoms with Crippen LogP contribution in [0.25, 0.3) is 0 Å². The summed E-state index contributed by atoms with van der Waals surface area (Å²) in [6.07, 6.45) is 1.30. The zero-order valence-corrected chi connectivity index (χ0v) is 12.4. The number of nitrogens with one attached hydrogen (secondary N) is 1. The number of benzene rings is 1. The van der Waals surface area contributed by atoms with Crippen molar-refractivity contribution in [3.8, 4) is 0 Å². The van der Waals surface area contributed by atoms with E-state index in [1.54, 1.807) is 0 Å². The highest BCUT2D eigenvalue weighted by molar-refractivity contribution is 9.10. The quantitative estimate of drug-likeness (QED) is 0.918. The third-order valence-electron chi connectivity index (χ3n) is 3.25. The van der Waals surface area contributed by atoms with Crippen LogP contribution in [0.2, 0.25) is 5.02 Å². The summed E-state index contributed by atoms with van der Waals surface area (Å²) in [5.74, 6) is 0.802. The molecule has 1 aromatic rings. The van der Waals surface area contributed by atoms with Crippen LogP contribution in [0.4, 0.5) is 0 Å². The minimum absolute atomic E-state index is 0.781. The Morgan fingerprint density at radius 1 is 1.53 bits per heavy atom. The zero-order chi connectivity index (χ0) is 12.3. The minimum Gasteiger partial charge on any atom is -0.319 e. The van der Waals surface area contributed by atoms with Crippen molar-refractivity contribution < 1.29 is 0 Å². The van der Waals surface area contributed by atoms with Gasteiger partial charge in [-0.3, -0.25) is 4.90 Å². The van der Waals surface area contributed by atoms with Gasteiger partial charge in [0.15, 0.2) is 0 Å². The molecule has 1 fully saturated rings. The fourth-order valence-electron chi connectivity index (χ4n) is 2.41. The molecule has 1 N–H and O–H groups in total. The number of hydrogen-bond acceptors (Lipinski definition) is 2. The molecular formula is C13H18BrClN2. The van der Waals surface area contributed by atoms with Gasteiger partial charge in [0.05, 0.1) is 5.02 Å².